The minimum absolute atomic E-state index is 0.745. The summed E-state index contributed by atoms with van der Waals surface area (Å²) in [6.45, 7) is 0. The van der Waals surface area contributed by atoms with Gasteiger partial charge in [0.1, 0.15) is 0 Å². The van der Waals surface area contributed by atoms with Gasteiger partial charge in [0.2, 0.25) is 0 Å². The molecule has 2 N–H and O–H groups in total. The molecule has 0 unspecified atom stereocenters. The number of halogens is 2. The van der Waals surface area contributed by atoms with Crippen molar-refractivity contribution in [2.45, 2.75) is 0 Å². The van der Waals surface area contributed by atoms with Crippen molar-refractivity contribution in [1.82, 2.24) is 0 Å². The second-order valence-corrected chi connectivity index (χ2v) is 0.523. The van der Waals surface area contributed by atoms with E-state index in [1.165, 1.54) is 7.11 Å². The summed E-state index contributed by atoms with van der Waals surface area (Å²) in [4.78, 5) is 9.37. The molecule has 0 radical (unpaired) electrons. The average Bonchev–Trinajstić information content (AvgIpc) is 1.73. The molecule has 0 saturated carbocycles. The van der Waals surface area contributed by atoms with Crippen molar-refractivity contribution in [3.63, 3.8) is 0 Å². The van der Waals surface area contributed by atoms with Crippen LogP contribution in [-0.2, 0) is 4.74 Å². The lowest BCUT2D eigenvalue weighted by Crippen LogP contribution is -2.08. The van der Waals surface area contributed by atoms with E-state index in [0.29, 0.717) is 0 Å². The van der Waals surface area contributed by atoms with Crippen molar-refractivity contribution in [1.29, 1.82) is 0 Å². The predicted octanol–water partition coefficient (Wildman–Crippen LogP) is 1.09. The van der Waals surface area contributed by atoms with E-state index >= 15 is 0 Å². The molecule has 0 fully saturated rings. The molecular weight excluding hydrogens is 141 g/mol. The van der Waals surface area contributed by atoms with Crippen molar-refractivity contribution >= 4 is 27.8 Å². The van der Waals surface area contributed by atoms with E-state index in [1.807, 2.05) is 0 Å². The fourth-order valence-corrected chi connectivity index (χ4v) is 0. The molecule has 0 atom stereocenters. The van der Waals surface area contributed by atoms with Crippen LogP contribution >= 0.6 is 21.7 Å². The van der Waals surface area contributed by atoms with Gasteiger partial charge in [-0.2, -0.15) is 0 Å². The third-order valence-electron chi connectivity index (χ3n) is 0.201. The highest BCUT2D eigenvalue weighted by Crippen LogP contribution is 1.69. The van der Waals surface area contributed by atoms with Crippen LogP contribution in [0.15, 0.2) is 0 Å². The minimum Gasteiger partial charge on any atom is -0.453 e. The van der Waals surface area contributed by atoms with Gasteiger partial charge in [0.25, 0.3) is 0 Å². The topological polar surface area (TPSA) is 52.3 Å². The van der Waals surface area contributed by atoms with Gasteiger partial charge in [-0.1, -0.05) is 0 Å². The van der Waals surface area contributed by atoms with Crippen molar-refractivity contribution in [2.24, 2.45) is 5.73 Å². The van der Waals surface area contributed by atoms with Crippen LogP contribution in [0.3, 0.4) is 0 Å². The third-order valence-corrected chi connectivity index (χ3v) is 0.201. The fourth-order valence-electron chi connectivity index (χ4n) is 0. The molecule has 0 aromatic heterocycles. The maximum Gasteiger partial charge on any atom is 0.404 e. The number of carbonyl (C=O) groups excluding carboxylic acids is 1. The lowest BCUT2D eigenvalue weighted by Gasteiger charge is -1.81. The lowest BCUT2D eigenvalue weighted by atomic mass is 11.3. The summed E-state index contributed by atoms with van der Waals surface area (Å²) in [6.07, 6.45) is -0.745. The van der Waals surface area contributed by atoms with Gasteiger partial charge in [0.15, 0.2) is 0 Å². The molecule has 1 amide bonds. The van der Waals surface area contributed by atoms with Gasteiger partial charge in [-0.15, -0.1) is 0 Å². The standard InChI is InChI=1S/C2H5NO2.Cl2/c1-5-2(3)4;1-2/h1H3,(H2,3,4);. The number of nitrogens with two attached hydrogens (primary N) is 1. The van der Waals surface area contributed by atoms with Gasteiger partial charge < -0.3 is 10.5 Å². The molecule has 0 bridgehead atoms. The molecule has 0 saturated heterocycles. The number of amides is 1. The summed E-state index contributed by atoms with van der Waals surface area (Å²) < 4.78 is 3.89. The van der Waals surface area contributed by atoms with Crippen molar-refractivity contribution in [2.75, 3.05) is 7.11 Å². The highest BCUT2D eigenvalue weighted by molar-refractivity contribution is 6.85. The van der Waals surface area contributed by atoms with Gasteiger partial charge in [0, 0.05) is 21.7 Å². The van der Waals surface area contributed by atoms with Crippen LogP contribution in [-0.4, -0.2) is 13.2 Å². The van der Waals surface area contributed by atoms with Gasteiger partial charge in [0.05, 0.1) is 7.11 Å². The van der Waals surface area contributed by atoms with Crippen LogP contribution in [0, 0.1) is 0 Å². The number of methoxy groups -OCH3 is 1. The SMILES string of the molecule is COC(N)=O.ClCl. The molecule has 5 heteroatoms. The van der Waals surface area contributed by atoms with E-state index in [-0.39, 0.29) is 0 Å². The van der Waals surface area contributed by atoms with Crippen molar-refractivity contribution in [3.05, 3.63) is 0 Å². The second kappa shape index (κ2) is 9.28. The van der Waals surface area contributed by atoms with Gasteiger partial charge in [-0.25, -0.2) is 4.79 Å². The van der Waals surface area contributed by atoms with Crippen LogP contribution in [0.25, 0.3) is 0 Å². The molecule has 0 spiro atoms. The van der Waals surface area contributed by atoms with Crippen molar-refractivity contribution in [3.8, 4) is 0 Å². The van der Waals surface area contributed by atoms with Gasteiger partial charge >= 0.3 is 6.09 Å². The average molecular weight is 146 g/mol. The van der Waals surface area contributed by atoms with Crippen molar-refractivity contribution < 1.29 is 9.53 Å². The summed E-state index contributed by atoms with van der Waals surface area (Å²) in [5, 5.41) is 0. The third kappa shape index (κ3) is 25.3. The summed E-state index contributed by atoms with van der Waals surface area (Å²) in [5.41, 5.74) is 4.43. The Hall–Kier alpha value is -0.150. The fraction of sp³-hybridized carbons (Fsp3) is 0.500. The van der Waals surface area contributed by atoms with E-state index in [0.717, 1.165) is 0 Å². The maximum atomic E-state index is 9.37. The van der Waals surface area contributed by atoms with Crippen LogP contribution in [0.4, 0.5) is 4.79 Å². The highest BCUT2D eigenvalue weighted by Gasteiger charge is 1.76. The Bertz CT molecular complexity index is 49.0. The molecule has 0 heterocycles. The van der Waals surface area contributed by atoms with Crippen LogP contribution in [0.1, 0.15) is 0 Å². The van der Waals surface area contributed by atoms with E-state index < -0.39 is 6.09 Å². The number of ether oxygens (including phenoxy) is 1. The molecular formula is C2H5Cl2NO2. The Balaban J connectivity index is 0. The molecule has 0 rings (SSSR count). The lowest BCUT2D eigenvalue weighted by molar-refractivity contribution is 0.182. The van der Waals surface area contributed by atoms with Gasteiger partial charge in [-0.05, 0) is 0 Å². The first-order valence-corrected chi connectivity index (χ1v) is 2.39. The van der Waals surface area contributed by atoms with E-state index in [2.05, 4.69) is 32.2 Å². The van der Waals surface area contributed by atoms with Crippen LogP contribution in [0.5, 0.6) is 0 Å². The number of hydrogen-bond acceptors (Lipinski definition) is 2. The largest absolute Gasteiger partial charge is 0.453 e. The summed E-state index contributed by atoms with van der Waals surface area (Å²) in [5.74, 6) is 0. The number of primary amides is 1. The zero-order chi connectivity index (χ0) is 6.28. The molecule has 44 valence electrons. The highest BCUT2D eigenvalue weighted by atomic mass is 36.5. The first-order chi connectivity index (χ1) is 3.27. The minimum atomic E-state index is -0.745. The summed E-state index contributed by atoms with van der Waals surface area (Å²) in [7, 11) is 9.45. The van der Waals surface area contributed by atoms with E-state index in [1.54, 1.807) is 0 Å². The second-order valence-electron chi connectivity index (χ2n) is 0.523. The number of carbonyl (C=O) groups is 1. The Kier molecular flexibility index (Phi) is 13.2. The first kappa shape index (κ1) is 9.97. The predicted molar refractivity (Wildman–Crippen MR) is 28.3 cm³/mol. The molecule has 0 aliphatic carbocycles. The molecule has 0 aliphatic heterocycles. The van der Waals surface area contributed by atoms with E-state index in [4.69, 9.17) is 0 Å². The summed E-state index contributed by atoms with van der Waals surface area (Å²) >= 11 is 0. The molecule has 0 aromatic carbocycles. The zero-order valence-corrected chi connectivity index (χ0v) is 5.16. The summed E-state index contributed by atoms with van der Waals surface area (Å²) in [6, 6.07) is 0. The van der Waals surface area contributed by atoms with Crippen LogP contribution in [0.2, 0.25) is 0 Å². The maximum absolute atomic E-state index is 9.37. The number of rotatable bonds is 0. The number of hydrogen-bond donors (Lipinski definition) is 1. The first-order valence-electron chi connectivity index (χ1n) is 1.25. The Morgan fingerprint density at radius 1 is 1.71 bits per heavy atom. The quantitative estimate of drug-likeness (QED) is 0.555. The molecule has 3 nitrogen and oxygen atoms in total. The Morgan fingerprint density at radius 2 is 1.86 bits per heavy atom. The normalized spacial score (nSPS) is 5.57. The van der Waals surface area contributed by atoms with Crippen LogP contribution < -0.4 is 5.73 Å². The van der Waals surface area contributed by atoms with E-state index in [9.17, 15) is 4.79 Å². The smallest absolute Gasteiger partial charge is 0.404 e. The Morgan fingerprint density at radius 3 is 1.86 bits per heavy atom. The molecule has 0 aliphatic rings. The van der Waals surface area contributed by atoms with Gasteiger partial charge in [-0.3, -0.25) is 0 Å². The molecule has 0 aromatic rings. The zero-order valence-electron chi connectivity index (χ0n) is 3.65. The molecule has 7 heavy (non-hydrogen) atoms. The Labute approximate surface area is 50.9 Å². The monoisotopic (exact) mass is 145 g/mol.